The van der Waals surface area contributed by atoms with Crippen LogP contribution in [-0.2, 0) is 22.7 Å². The fourth-order valence-corrected chi connectivity index (χ4v) is 2.94. The molecule has 0 fully saturated rings. The van der Waals surface area contributed by atoms with Crippen molar-refractivity contribution in [2.24, 2.45) is 5.73 Å². The number of rotatable bonds is 10. The smallest absolute Gasteiger partial charge is 0.243 e. The van der Waals surface area contributed by atoms with Gasteiger partial charge in [0.15, 0.2) is 0 Å². The van der Waals surface area contributed by atoms with Crippen LogP contribution in [0.3, 0.4) is 0 Å². The molecule has 3 aromatic rings. The van der Waals surface area contributed by atoms with E-state index >= 15 is 0 Å². The number of benzene rings is 1. The maximum absolute atomic E-state index is 12.8. The van der Waals surface area contributed by atoms with E-state index in [0.29, 0.717) is 24.3 Å². The summed E-state index contributed by atoms with van der Waals surface area (Å²) in [6.07, 6.45) is 4.94. The largest absolute Gasteiger partial charge is 0.384 e. The van der Waals surface area contributed by atoms with Crippen LogP contribution in [0.1, 0.15) is 28.4 Å². The van der Waals surface area contributed by atoms with Crippen LogP contribution in [0, 0.1) is 5.41 Å². The Hall–Kier alpha value is -3.82. The first kappa shape index (κ1) is 25.4. The van der Waals surface area contributed by atoms with Gasteiger partial charge in [0.25, 0.3) is 0 Å². The molecule has 1 unspecified atom stereocenters. The van der Waals surface area contributed by atoms with Crippen molar-refractivity contribution in [2.45, 2.75) is 19.1 Å². The van der Waals surface area contributed by atoms with Crippen LogP contribution in [0.2, 0.25) is 0 Å². The highest BCUT2D eigenvalue weighted by Crippen LogP contribution is 2.12. The molecular formula is C23H26ClN7O2. The number of carbonyl (C=O) groups excluding carboxylic acids is 2. The van der Waals surface area contributed by atoms with E-state index in [1.165, 1.54) is 0 Å². The van der Waals surface area contributed by atoms with E-state index in [-0.39, 0.29) is 36.6 Å². The predicted molar refractivity (Wildman–Crippen MR) is 128 cm³/mol. The summed E-state index contributed by atoms with van der Waals surface area (Å²) in [5, 5.41) is 16.1. The second kappa shape index (κ2) is 12.9. The molecule has 0 saturated carbocycles. The van der Waals surface area contributed by atoms with Crippen molar-refractivity contribution in [2.75, 3.05) is 6.54 Å². The lowest BCUT2D eigenvalue weighted by atomic mass is 10.1. The molecule has 0 aliphatic carbocycles. The number of nitrogens with one attached hydrogen (secondary N) is 4. The van der Waals surface area contributed by atoms with Crippen molar-refractivity contribution in [3.05, 3.63) is 95.6 Å². The van der Waals surface area contributed by atoms with Crippen LogP contribution in [0.5, 0.6) is 0 Å². The number of aromatic nitrogens is 2. The molecule has 0 spiro atoms. The summed E-state index contributed by atoms with van der Waals surface area (Å²) in [7, 11) is 0. The van der Waals surface area contributed by atoms with E-state index in [9.17, 15) is 9.59 Å². The Kier molecular flexibility index (Phi) is 9.94. The van der Waals surface area contributed by atoms with Gasteiger partial charge in [-0.25, -0.2) is 0 Å². The van der Waals surface area contributed by atoms with Gasteiger partial charge < -0.3 is 16.4 Å². The molecule has 172 valence electrons. The maximum atomic E-state index is 12.8. The maximum Gasteiger partial charge on any atom is 0.243 e. The Morgan fingerprint density at radius 2 is 1.73 bits per heavy atom. The van der Waals surface area contributed by atoms with Gasteiger partial charge in [-0.2, -0.15) is 0 Å². The summed E-state index contributed by atoms with van der Waals surface area (Å²) < 4.78 is 0. The fourth-order valence-electron chi connectivity index (χ4n) is 2.94. The standard InChI is InChI=1S/C23H25N7O2.ClH/c24-22(25)18-8-6-16(7-9-18)13-29-21(19-5-1-2-11-27-19)23(32)30-15-20(31)28-14-17-4-3-10-26-12-17;/h1-12,21,29H,13-15H2,(H3,24,25)(H,28,31)(H,30,32);1H. The zero-order valence-electron chi connectivity index (χ0n) is 17.8. The molecular weight excluding hydrogens is 442 g/mol. The minimum Gasteiger partial charge on any atom is -0.384 e. The molecule has 2 heterocycles. The van der Waals surface area contributed by atoms with E-state index in [0.717, 1.165) is 11.1 Å². The third kappa shape index (κ3) is 7.99. The van der Waals surface area contributed by atoms with Gasteiger partial charge in [0.2, 0.25) is 11.8 Å². The number of amides is 2. The monoisotopic (exact) mass is 467 g/mol. The molecule has 3 rings (SSSR count). The number of amidine groups is 1. The summed E-state index contributed by atoms with van der Waals surface area (Å²) in [5.41, 5.74) is 8.44. The highest BCUT2D eigenvalue weighted by Gasteiger charge is 2.21. The Balaban J connectivity index is 0.00000385. The molecule has 0 radical (unpaired) electrons. The van der Waals surface area contributed by atoms with Crippen LogP contribution in [0.4, 0.5) is 0 Å². The van der Waals surface area contributed by atoms with Crippen molar-refractivity contribution in [3.63, 3.8) is 0 Å². The molecule has 2 amide bonds. The summed E-state index contributed by atoms with van der Waals surface area (Å²) in [6.45, 7) is 0.568. The molecule has 6 N–H and O–H groups in total. The Morgan fingerprint density at radius 1 is 0.939 bits per heavy atom. The summed E-state index contributed by atoms with van der Waals surface area (Å²) in [6, 6.07) is 15.4. The number of pyridine rings is 2. The lowest BCUT2D eigenvalue weighted by molar-refractivity contribution is -0.127. The van der Waals surface area contributed by atoms with Crippen LogP contribution < -0.4 is 21.7 Å². The van der Waals surface area contributed by atoms with Crippen molar-refractivity contribution in [1.29, 1.82) is 5.41 Å². The first-order valence-electron chi connectivity index (χ1n) is 10.0. The lowest BCUT2D eigenvalue weighted by Crippen LogP contribution is -2.42. The van der Waals surface area contributed by atoms with Crippen molar-refractivity contribution in [1.82, 2.24) is 25.9 Å². The zero-order chi connectivity index (χ0) is 22.8. The fraction of sp³-hybridized carbons (Fsp3) is 0.174. The van der Waals surface area contributed by atoms with Gasteiger partial charge in [-0.3, -0.25) is 30.3 Å². The van der Waals surface area contributed by atoms with Gasteiger partial charge in [0.05, 0.1) is 12.2 Å². The van der Waals surface area contributed by atoms with Crippen LogP contribution >= 0.6 is 12.4 Å². The summed E-state index contributed by atoms with van der Waals surface area (Å²) >= 11 is 0. The molecule has 2 aromatic heterocycles. The Bertz CT molecular complexity index is 1050. The average Bonchev–Trinajstić information content (AvgIpc) is 2.83. The molecule has 1 aromatic carbocycles. The average molecular weight is 468 g/mol. The van der Waals surface area contributed by atoms with E-state index in [4.69, 9.17) is 11.1 Å². The molecule has 0 bridgehead atoms. The van der Waals surface area contributed by atoms with Gasteiger partial charge in [-0.1, -0.05) is 36.4 Å². The first-order chi connectivity index (χ1) is 15.5. The SMILES string of the molecule is Cl.N=C(N)c1ccc(CNC(C(=O)NCC(=O)NCc2cccnc2)c2ccccn2)cc1. The topological polar surface area (TPSA) is 146 Å². The quantitative estimate of drug-likeness (QED) is 0.225. The van der Waals surface area contributed by atoms with Gasteiger partial charge in [-0.15, -0.1) is 12.4 Å². The number of hydrogen-bond donors (Lipinski definition) is 5. The van der Waals surface area contributed by atoms with E-state index in [1.807, 2.05) is 18.2 Å². The van der Waals surface area contributed by atoms with Crippen LogP contribution in [0.15, 0.2) is 73.2 Å². The number of carbonyl (C=O) groups is 2. The molecule has 0 aliphatic rings. The van der Waals surface area contributed by atoms with Crippen LogP contribution in [0.25, 0.3) is 0 Å². The van der Waals surface area contributed by atoms with Crippen molar-refractivity contribution >= 4 is 30.1 Å². The predicted octanol–water partition coefficient (Wildman–Crippen LogP) is 1.45. The van der Waals surface area contributed by atoms with Crippen LogP contribution in [-0.4, -0.2) is 34.2 Å². The van der Waals surface area contributed by atoms with Gasteiger partial charge in [-0.05, 0) is 29.3 Å². The second-order valence-electron chi connectivity index (χ2n) is 7.03. The number of halogens is 1. The Labute approximate surface area is 198 Å². The minimum atomic E-state index is -0.741. The summed E-state index contributed by atoms with van der Waals surface area (Å²) in [4.78, 5) is 33.3. The normalized spacial score (nSPS) is 11.0. The van der Waals surface area contributed by atoms with Crippen molar-refractivity contribution < 1.29 is 9.59 Å². The van der Waals surface area contributed by atoms with E-state index < -0.39 is 6.04 Å². The van der Waals surface area contributed by atoms with E-state index in [2.05, 4.69) is 25.9 Å². The molecule has 0 saturated heterocycles. The lowest BCUT2D eigenvalue weighted by Gasteiger charge is -2.18. The molecule has 33 heavy (non-hydrogen) atoms. The van der Waals surface area contributed by atoms with Crippen molar-refractivity contribution in [3.8, 4) is 0 Å². The number of nitrogens with zero attached hydrogens (tertiary/aromatic N) is 2. The Morgan fingerprint density at radius 3 is 2.36 bits per heavy atom. The number of nitrogens with two attached hydrogens (primary N) is 1. The van der Waals surface area contributed by atoms with E-state index in [1.54, 1.807) is 55.0 Å². The third-order valence-electron chi connectivity index (χ3n) is 4.66. The summed E-state index contributed by atoms with van der Waals surface area (Å²) in [5.74, 6) is -0.667. The molecule has 10 heteroatoms. The van der Waals surface area contributed by atoms with Gasteiger partial charge >= 0.3 is 0 Å². The third-order valence-corrected chi connectivity index (χ3v) is 4.66. The first-order valence-corrected chi connectivity index (χ1v) is 10.0. The molecule has 1 atom stereocenters. The number of hydrogen-bond acceptors (Lipinski definition) is 6. The van der Waals surface area contributed by atoms with Gasteiger partial charge in [0, 0.05) is 37.2 Å². The zero-order valence-corrected chi connectivity index (χ0v) is 18.6. The molecule has 0 aliphatic heterocycles. The number of nitrogen functional groups attached to an aromatic ring is 1. The van der Waals surface area contributed by atoms with Gasteiger partial charge in [0.1, 0.15) is 11.9 Å². The second-order valence-corrected chi connectivity index (χ2v) is 7.03. The minimum absolute atomic E-state index is 0. The highest BCUT2D eigenvalue weighted by atomic mass is 35.5. The highest BCUT2D eigenvalue weighted by molar-refractivity contribution is 5.94. The molecule has 9 nitrogen and oxygen atoms in total.